The van der Waals surface area contributed by atoms with Gasteiger partial charge in [-0.15, -0.1) is 0 Å². The maximum Gasteiger partial charge on any atom is 0.264 e. The molecule has 39 heavy (non-hydrogen) atoms. The predicted molar refractivity (Wildman–Crippen MR) is 136 cm³/mol. The fourth-order valence-corrected chi connectivity index (χ4v) is 5.52. The Morgan fingerprint density at radius 1 is 1.21 bits per heavy atom. The van der Waals surface area contributed by atoms with Crippen molar-refractivity contribution in [3.05, 3.63) is 59.5 Å². The first-order valence-corrected chi connectivity index (χ1v) is 12.4. The van der Waals surface area contributed by atoms with E-state index in [4.69, 9.17) is 15.0 Å². The Morgan fingerprint density at radius 2 is 2.00 bits per heavy atom. The van der Waals surface area contributed by atoms with Crippen LogP contribution in [0.25, 0.3) is 11.0 Å². The second kappa shape index (κ2) is 9.94. The molecule has 0 spiro atoms. The number of alkyl halides is 2. The van der Waals surface area contributed by atoms with Gasteiger partial charge >= 0.3 is 0 Å². The lowest BCUT2D eigenvalue weighted by Gasteiger charge is -2.40. The third kappa shape index (κ3) is 5.30. The Labute approximate surface area is 223 Å². The van der Waals surface area contributed by atoms with Gasteiger partial charge in [-0.25, -0.2) is 32.5 Å². The highest BCUT2D eigenvalue weighted by molar-refractivity contribution is 8.15. The molecule has 0 saturated heterocycles. The van der Waals surface area contributed by atoms with Crippen LogP contribution in [0.4, 0.5) is 29.1 Å². The molecule has 0 bridgehead atoms. The van der Waals surface area contributed by atoms with E-state index in [1.165, 1.54) is 32.3 Å². The lowest BCUT2D eigenvalue weighted by Crippen LogP contribution is -2.44. The first-order valence-electron chi connectivity index (χ1n) is 11.6. The van der Waals surface area contributed by atoms with Crippen molar-refractivity contribution in [3.8, 4) is 5.88 Å². The molecule has 204 valence electrons. The second-order valence-corrected chi connectivity index (χ2v) is 10.9. The van der Waals surface area contributed by atoms with Gasteiger partial charge in [0.05, 0.1) is 22.0 Å². The van der Waals surface area contributed by atoms with E-state index in [1.807, 2.05) is 0 Å². The van der Waals surface area contributed by atoms with Gasteiger partial charge in [0, 0.05) is 23.5 Å². The van der Waals surface area contributed by atoms with Crippen molar-refractivity contribution in [1.29, 1.82) is 0 Å². The van der Waals surface area contributed by atoms with Crippen molar-refractivity contribution in [3.63, 3.8) is 0 Å². The van der Waals surface area contributed by atoms with Crippen LogP contribution in [0.5, 0.6) is 5.88 Å². The number of benzene rings is 1. The SMILES string of the molecule is Cc1noc(COc2cnc3c(Nc4cc(F)c(F)c([C@]5(C)C[C@](C)(C(F)F)SC(N)=N5)c4)nccc3n2)n1. The molecule has 1 aliphatic heterocycles. The molecule has 0 unspecified atom stereocenters. The maximum atomic E-state index is 15.1. The van der Waals surface area contributed by atoms with E-state index >= 15 is 4.39 Å². The van der Waals surface area contributed by atoms with E-state index in [0.29, 0.717) is 28.6 Å². The van der Waals surface area contributed by atoms with Gasteiger partial charge in [0.15, 0.2) is 35.1 Å². The van der Waals surface area contributed by atoms with Gasteiger partial charge in [0.1, 0.15) is 5.52 Å². The molecule has 0 radical (unpaired) electrons. The largest absolute Gasteiger partial charge is 0.466 e. The number of hydrogen-bond acceptors (Lipinski definition) is 11. The maximum absolute atomic E-state index is 15.1. The Bertz CT molecular complexity index is 1590. The standard InChI is InChI=1S/C24H22F4N8O2S/c1-11-32-17(38-36-11)9-37-16-8-31-19-15(34-16)4-5-30-20(19)33-12-6-13(18(26)14(25)7-12)23(2)10-24(3,21(27)28)39-22(29)35-23/h4-8,21H,9-10H2,1-3H3,(H2,29,35)(H,30,33)/t23-,24+/m0/s1. The monoisotopic (exact) mass is 562 g/mol. The molecule has 4 heterocycles. The molecule has 0 amide bonds. The molecule has 1 aliphatic rings. The fraction of sp³-hybridized carbons (Fsp3) is 0.333. The molecule has 0 saturated carbocycles. The molecular weight excluding hydrogens is 540 g/mol. The van der Waals surface area contributed by atoms with Gasteiger partial charge in [-0.2, -0.15) is 4.98 Å². The molecule has 4 aromatic rings. The minimum absolute atomic E-state index is 0.0102. The number of aryl methyl sites for hydroxylation is 1. The summed E-state index contributed by atoms with van der Waals surface area (Å²) in [4.78, 5) is 21.2. The molecule has 3 N–H and O–H groups in total. The number of ether oxygens (including phenoxy) is 1. The van der Waals surface area contributed by atoms with Crippen molar-refractivity contribution >= 4 is 39.5 Å². The third-order valence-electron chi connectivity index (χ3n) is 6.07. The van der Waals surface area contributed by atoms with Crippen LogP contribution in [0, 0.1) is 18.6 Å². The zero-order valence-corrected chi connectivity index (χ0v) is 21.7. The van der Waals surface area contributed by atoms with Crippen molar-refractivity contribution in [2.45, 2.75) is 50.5 Å². The van der Waals surface area contributed by atoms with E-state index < -0.39 is 28.3 Å². The van der Waals surface area contributed by atoms with Crippen LogP contribution in [0.3, 0.4) is 0 Å². The Kier molecular flexibility index (Phi) is 6.78. The Hall–Kier alpha value is -4.01. The zero-order chi connectivity index (χ0) is 27.9. The number of amidine groups is 1. The summed E-state index contributed by atoms with van der Waals surface area (Å²) in [6.07, 6.45) is -0.233. The summed E-state index contributed by atoms with van der Waals surface area (Å²) in [6.45, 7) is 4.43. The van der Waals surface area contributed by atoms with Crippen molar-refractivity contribution in [1.82, 2.24) is 25.1 Å². The summed E-state index contributed by atoms with van der Waals surface area (Å²) in [6, 6.07) is 3.82. The van der Waals surface area contributed by atoms with Crippen LogP contribution < -0.4 is 15.8 Å². The highest BCUT2D eigenvalue weighted by Crippen LogP contribution is 2.49. The highest BCUT2D eigenvalue weighted by atomic mass is 32.2. The molecule has 10 nitrogen and oxygen atoms in total. The molecule has 15 heteroatoms. The van der Waals surface area contributed by atoms with E-state index in [-0.39, 0.29) is 47.0 Å². The zero-order valence-electron chi connectivity index (χ0n) is 20.9. The van der Waals surface area contributed by atoms with Crippen LogP contribution >= 0.6 is 11.8 Å². The Morgan fingerprint density at radius 3 is 2.72 bits per heavy atom. The number of nitrogens with zero attached hydrogens (tertiary/aromatic N) is 6. The molecular formula is C24H22F4N8O2S. The number of nitrogens with two attached hydrogens (primary N) is 1. The van der Waals surface area contributed by atoms with Gasteiger partial charge < -0.3 is 20.3 Å². The minimum atomic E-state index is -2.77. The number of halogens is 4. The van der Waals surface area contributed by atoms with Crippen LogP contribution in [-0.2, 0) is 12.1 Å². The number of aromatic nitrogens is 5. The number of fused-ring (bicyclic) bond motifs is 1. The number of aliphatic imine (C=N–C) groups is 1. The average molecular weight is 563 g/mol. The highest BCUT2D eigenvalue weighted by Gasteiger charge is 2.48. The number of hydrogen-bond donors (Lipinski definition) is 2. The summed E-state index contributed by atoms with van der Waals surface area (Å²) in [5.74, 6) is -1.28. The summed E-state index contributed by atoms with van der Waals surface area (Å²) < 4.78 is 66.4. The lowest BCUT2D eigenvalue weighted by atomic mass is 9.82. The smallest absolute Gasteiger partial charge is 0.264 e. The number of thioether (sulfide) groups is 1. The molecule has 0 aliphatic carbocycles. The van der Waals surface area contributed by atoms with Crippen molar-refractivity contribution in [2.24, 2.45) is 10.7 Å². The molecule has 3 aromatic heterocycles. The van der Waals surface area contributed by atoms with Crippen LogP contribution in [-0.4, -0.2) is 41.4 Å². The van der Waals surface area contributed by atoms with Gasteiger partial charge in [0.2, 0.25) is 5.88 Å². The summed E-state index contributed by atoms with van der Waals surface area (Å²) in [5, 5.41) is 6.47. The van der Waals surface area contributed by atoms with Crippen LogP contribution in [0.15, 0.2) is 40.1 Å². The number of rotatable bonds is 7. The van der Waals surface area contributed by atoms with Crippen molar-refractivity contribution < 1.29 is 26.8 Å². The van der Waals surface area contributed by atoms with Gasteiger partial charge in [0.25, 0.3) is 12.3 Å². The van der Waals surface area contributed by atoms with Crippen LogP contribution in [0.1, 0.15) is 37.5 Å². The van der Waals surface area contributed by atoms with Gasteiger partial charge in [-0.1, -0.05) is 16.9 Å². The summed E-state index contributed by atoms with van der Waals surface area (Å²) in [5.41, 5.74) is 4.89. The van der Waals surface area contributed by atoms with E-state index in [1.54, 1.807) is 13.0 Å². The third-order valence-corrected chi connectivity index (χ3v) is 7.16. The average Bonchev–Trinajstić information content (AvgIpc) is 3.29. The topological polar surface area (TPSA) is 137 Å². The minimum Gasteiger partial charge on any atom is -0.466 e. The van der Waals surface area contributed by atoms with E-state index in [2.05, 4.69) is 35.4 Å². The van der Waals surface area contributed by atoms with Crippen LogP contribution in [0.2, 0.25) is 0 Å². The van der Waals surface area contributed by atoms with Gasteiger partial charge in [-0.3, -0.25) is 4.99 Å². The van der Waals surface area contributed by atoms with Crippen molar-refractivity contribution in [2.75, 3.05) is 5.32 Å². The Balaban J connectivity index is 1.45. The fourth-order valence-electron chi connectivity index (χ4n) is 4.36. The molecule has 0 fully saturated rings. The first-order chi connectivity index (χ1) is 18.5. The quantitative estimate of drug-likeness (QED) is 0.296. The lowest BCUT2D eigenvalue weighted by molar-refractivity contribution is 0.0892. The normalized spacial score (nSPS) is 21.3. The van der Waals surface area contributed by atoms with E-state index in [9.17, 15) is 13.2 Å². The van der Waals surface area contributed by atoms with E-state index in [0.717, 1.165) is 6.07 Å². The molecule has 5 rings (SSSR count). The number of anilines is 2. The predicted octanol–water partition coefficient (Wildman–Crippen LogP) is 5.01. The molecule has 1 aromatic carbocycles. The summed E-state index contributed by atoms with van der Waals surface area (Å²) >= 11 is 0.715. The second-order valence-electron chi connectivity index (χ2n) is 9.32. The number of nitrogens with one attached hydrogen (secondary N) is 1. The first kappa shape index (κ1) is 26.6. The molecule has 2 atom stereocenters. The summed E-state index contributed by atoms with van der Waals surface area (Å²) in [7, 11) is 0. The van der Waals surface area contributed by atoms with Gasteiger partial charge in [-0.05, 0) is 39.3 Å². The number of pyridine rings is 1.